The van der Waals surface area contributed by atoms with Crippen LogP contribution in [0.3, 0.4) is 0 Å². The molecule has 0 spiro atoms. The van der Waals surface area contributed by atoms with E-state index in [2.05, 4.69) is 10.8 Å². The van der Waals surface area contributed by atoms with Crippen molar-refractivity contribution in [3.8, 4) is 0 Å². The van der Waals surface area contributed by atoms with Gasteiger partial charge in [0.2, 0.25) is 0 Å². The molecule has 1 aromatic carbocycles. The summed E-state index contributed by atoms with van der Waals surface area (Å²) in [6.07, 6.45) is -1.52. The number of halogens is 1. The minimum absolute atomic E-state index is 0.290. The van der Waals surface area contributed by atoms with Gasteiger partial charge >= 0.3 is 0 Å². The fourth-order valence-electron chi connectivity index (χ4n) is 3.02. The molecule has 7 nitrogen and oxygen atoms in total. The molecule has 29 heavy (non-hydrogen) atoms. The maximum Gasteiger partial charge on any atom is 0.278 e. The Kier molecular flexibility index (Phi) is 6.50. The zero-order valence-corrected chi connectivity index (χ0v) is 17.8. The molecule has 0 radical (unpaired) electrons. The summed E-state index contributed by atoms with van der Waals surface area (Å²) in [6.45, 7) is 10.3. The third kappa shape index (κ3) is 5.02. The van der Waals surface area contributed by atoms with Crippen LogP contribution in [0.1, 0.15) is 59.7 Å². The molecular formula is C21H28FN3O4. The molecule has 0 aliphatic carbocycles. The third-order valence-electron chi connectivity index (χ3n) is 4.59. The number of aliphatic hydroxyl groups is 1. The lowest BCUT2D eigenvalue weighted by atomic mass is 10.1. The Labute approximate surface area is 169 Å². The van der Waals surface area contributed by atoms with E-state index < -0.39 is 23.5 Å². The lowest BCUT2D eigenvalue weighted by Crippen LogP contribution is -2.37. The van der Waals surface area contributed by atoms with E-state index in [1.54, 1.807) is 53.2 Å². The second kappa shape index (κ2) is 8.34. The zero-order chi connectivity index (χ0) is 22.1. The van der Waals surface area contributed by atoms with Crippen LogP contribution in [0.2, 0.25) is 0 Å². The molecule has 2 amide bonds. The standard InChI is InChI=1S/C21H28FN3O4/c1-11-10-14(8-9-15(11)22)23-19(27)16-12(2)17(25(7)13(16)3)18(26)20(28)24-29-21(4,5)6/h8-10,18,26H,1-7H3,(H,23,27)(H,24,28). The van der Waals surface area contributed by atoms with Crippen LogP contribution < -0.4 is 10.8 Å². The molecular weight excluding hydrogens is 377 g/mol. The van der Waals surface area contributed by atoms with Crippen LogP contribution in [0.25, 0.3) is 0 Å². The maximum absolute atomic E-state index is 13.5. The van der Waals surface area contributed by atoms with E-state index in [0.717, 1.165) is 0 Å². The molecule has 1 aromatic heterocycles. The number of aliphatic hydroxyl groups excluding tert-OH is 1. The molecule has 1 heterocycles. The first-order valence-corrected chi connectivity index (χ1v) is 9.22. The summed E-state index contributed by atoms with van der Waals surface area (Å²) in [5.41, 5.74) is 4.18. The molecule has 2 aromatic rings. The van der Waals surface area contributed by atoms with Gasteiger partial charge in [0.15, 0.2) is 6.10 Å². The van der Waals surface area contributed by atoms with Crippen LogP contribution >= 0.6 is 0 Å². The van der Waals surface area contributed by atoms with E-state index in [4.69, 9.17) is 4.84 Å². The van der Waals surface area contributed by atoms with Crippen molar-refractivity contribution in [1.82, 2.24) is 10.0 Å². The molecule has 158 valence electrons. The first kappa shape index (κ1) is 22.6. The minimum Gasteiger partial charge on any atom is -0.377 e. The maximum atomic E-state index is 13.5. The summed E-state index contributed by atoms with van der Waals surface area (Å²) in [6, 6.07) is 4.29. The van der Waals surface area contributed by atoms with Gasteiger partial charge in [0.1, 0.15) is 5.82 Å². The molecule has 0 saturated carbocycles. The number of hydrogen-bond donors (Lipinski definition) is 3. The third-order valence-corrected chi connectivity index (χ3v) is 4.59. The van der Waals surface area contributed by atoms with Crippen LogP contribution in [-0.4, -0.2) is 27.1 Å². The van der Waals surface area contributed by atoms with Gasteiger partial charge < -0.3 is 15.0 Å². The van der Waals surface area contributed by atoms with Gasteiger partial charge in [-0.3, -0.25) is 14.4 Å². The van der Waals surface area contributed by atoms with E-state index in [-0.39, 0.29) is 11.5 Å². The first-order chi connectivity index (χ1) is 13.3. The highest BCUT2D eigenvalue weighted by molar-refractivity contribution is 6.06. The summed E-state index contributed by atoms with van der Waals surface area (Å²) in [5, 5.41) is 13.3. The highest BCUT2D eigenvalue weighted by Crippen LogP contribution is 2.28. The predicted octanol–water partition coefficient (Wildman–Crippen LogP) is 3.22. The average molecular weight is 405 g/mol. The molecule has 1 unspecified atom stereocenters. The number of benzene rings is 1. The van der Waals surface area contributed by atoms with Gasteiger partial charge in [0.25, 0.3) is 11.8 Å². The van der Waals surface area contributed by atoms with Crippen LogP contribution in [0, 0.1) is 26.6 Å². The van der Waals surface area contributed by atoms with Crippen LogP contribution in [-0.2, 0) is 16.7 Å². The van der Waals surface area contributed by atoms with Gasteiger partial charge in [-0.2, -0.15) is 0 Å². The van der Waals surface area contributed by atoms with Crippen molar-refractivity contribution in [1.29, 1.82) is 0 Å². The Hall–Kier alpha value is -2.71. The molecule has 0 aliphatic rings. The number of nitrogens with zero attached hydrogens (tertiary/aromatic N) is 1. The van der Waals surface area contributed by atoms with E-state index in [0.29, 0.717) is 28.1 Å². The van der Waals surface area contributed by atoms with Crippen molar-refractivity contribution in [2.75, 3.05) is 5.32 Å². The van der Waals surface area contributed by atoms with Gasteiger partial charge in [-0.1, -0.05) is 0 Å². The smallest absolute Gasteiger partial charge is 0.278 e. The lowest BCUT2D eigenvalue weighted by Gasteiger charge is -2.21. The van der Waals surface area contributed by atoms with E-state index >= 15 is 0 Å². The van der Waals surface area contributed by atoms with Gasteiger partial charge in [0, 0.05) is 18.4 Å². The predicted molar refractivity (Wildman–Crippen MR) is 108 cm³/mol. The largest absolute Gasteiger partial charge is 0.377 e. The normalized spacial score (nSPS) is 12.6. The number of hydrogen-bond acceptors (Lipinski definition) is 4. The van der Waals surface area contributed by atoms with Crippen molar-refractivity contribution >= 4 is 17.5 Å². The molecule has 2 rings (SSSR count). The number of anilines is 1. The zero-order valence-electron chi connectivity index (χ0n) is 17.8. The first-order valence-electron chi connectivity index (χ1n) is 9.22. The fourth-order valence-corrected chi connectivity index (χ4v) is 3.02. The number of amides is 2. The fraction of sp³-hybridized carbons (Fsp3) is 0.429. The lowest BCUT2D eigenvalue weighted by molar-refractivity contribution is -0.154. The Balaban J connectivity index is 2.30. The van der Waals surface area contributed by atoms with Gasteiger partial charge in [-0.15, -0.1) is 0 Å². The molecule has 0 fully saturated rings. The number of aryl methyl sites for hydroxylation is 1. The highest BCUT2D eigenvalue weighted by Gasteiger charge is 2.29. The Morgan fingerprint density at radius 2 is 1.83 bits per heavy atom. The Morgan fingerprint density at radius 3 is 2.38 bits per heavy atom. The number of carbonyl (C=O) groups is 2. The summed E-state index contributed by atoms with van der Waals surface area (Å²) in [4.78, 5) is 30.4. The van der Waals surface area contributed by atoms with Crippen molar-refractivity contribution in [2.45, 2.75) is 53.2 Å². The Bertz CT molecular complexity index is 944. The summed E-state index contributed by atoms with van der Waals surface area (Å²) >= 11 is 0. The van der Waals surface area contributed by atoms with Crippen molar-refractivity contribution in [2.24, 2.45) is 7.05 Å². The van der Waals surface area contributed by atoms with Gasteiger partial charge in [-0.05, 0) is 70.9 Å². The number of hydroxylamine groups is 1. The van der Waals surface area contributed by atoms with Gasteiger partial charge in [0.05, 0.1) is 16.9 Å². The van der Waals surface area contributed by atoms with Crippen molar-refractivity contribution in [3.63, 3.8) is 0 Å². The van der Waals surface area contributed by atoms with Crippen LogP contribution in [0.4, 0.5) is 10.1 Å². The molecule has 1 atom stereocenters. The van der Waals surface area contributed by atoms with Crippen molar-refractivity contribution < 1.29 is 23.9 Å². The molecule has 0 aliphatic heterocycles. The summed E-state index contributed by atoms with van der Waals surface area (Å²) in [5.74, 6) is -1.50. The SMILES string of the molecule is Cc1cc(NC(=O)c2c(C)c(C(O)C(=O)NOC(C)(C)C)n(C)c2C)ccc1F. The van der Waals surface area contributed by atoms with E-state index in [1.165, 1.54) is 18.2 Å². The second-order valence-electron chi connectivity index (χ2n) is 8.03. The van der Waals surface area contributed by atoms with Crippen LogP contribution in [0.15, 0.2) is 18.2 Å². The average Bonchev–Trinajstić information content (AvgIpc) is 2.84. The monoisotopic (exact) mass is 405 g/mol. The molecule has 0 bridgehead atoms. The van der Waals surface area contributed by atoms with E-state index in [1.807, 2.05) is 0 Å². The highest BCUT2D eigenvalue weighted by atomic mass is 19.1. The molecule has 8 heteroatoms. The number of rotatable bonds is 5. The number of carbonyl (C=O) groups excluding carboxylic acids is 2. The number of aromatic nitrogens is 1. The van der Waals surface area contributed by atoms with Crippen molar-refractivity contribution in [3.05, 3.63) is 52.1 Å². The number of nitrogens with one attached hydrogen (secondary N) is 2. The Morgan fingerprint density at radius 1 is 1.21 bits per heavy atom. The molecule has 3 N–H and O–H groups in total. The van der Waals surface area contributed by atoms with E-state index in [9.17, 15) is 19.1 Å². The quantitative estimate of drug-likeness (QED) is 0.666. The summed E-state index contributed by atoms with van der Waals surface area (Å²) < 4.78 is 15.1. The second-order valence-corrected chi connectivity index (χ2v) is 8.03. The van der Waals surface area contributed by atoms with Crippen LogP contribution in [0.5, 0.6) is 0 Å². The minimum atomic E-state index is -1.52. The van der Waals surface area contributed by atoms with Gasteiger partial charge in [-0.25, -0.2) is 9.87 Å². The molecule has 0 saturated heterocycles. The summed E-state index contributed by atoms with van der Waals surface area (Å²) in [7, 11) is 1.66. The topological polar surface area (TPSA) is 92.6 Å².